The Labute approximate surface area is 169 Å². The first-order chi connectivity index (χ1) is 13.6. The molecule has 154 valence electrons. The molecule has 2 saturated heterocycles. The van der Waals surface area contributed by atoms with Crippen LogP contribution in [0.5, 0.6) is 0 Å². The monoisotopic (exact) mass is 385 g/mol. The van der Waals surface area contributed by atoms with Crippen molar-refractivity contribution in [2.75, 3.05) is 19.6 Å². The van der Waals surface area contributed by atoms with Crippen molar-refractivity contribution in [3.05, 3.63) is 35.4 Å². The van der Waals surface area contributed by atoms with Gasteiger partial charge in [-0.1, -0.05) is 51.0 Å². The number of carbonyl (C=O) groups excluding carboxylic acids is 2. The number of amides is 2. The number of nitrogens with one attached hydrogen (secondary N) is 1. The van der Waals surface area contributed by atoms with E-state index in [1.54, 1.807) is 4.90 Å². The van der Waals surface area contributed by atoms with E-state index in [9.17, 15) is 9.59 Å². The third kappa shape index (κ3) is 5.34. The average molecular weight is 386 g/mol. The first-order valence-electron chi connectivity index (χ1n) is 10.9. The van der Waals surface area contributed by atoms with Crippen LogP contribution in [-0.2, 0) is 22.7 Å². The topological polar surface area (TPSA) is 52.7 Å². The van der Waals surface area contributed by atoms with Gasteiger partial charge in [-0.2, -0.15) is 0 Å². The quantitative estimate of drug-likeness (QED) is 0.783. The first-order valence-corrected chi connectivity index (χ1v) is 10.9. The lowest BCUT2D eigenvalue weighted by Crippen LogP contribution is -2.50. The van der Waals surface area contributed by atoms with E-state index in [0.717, 1.165) is 26.1 Å². The fourth-order valence-electron chi connectivity index (χ4n) is 4.47. The maximum Gasteiger partial charge on any atom is 0.243 e. The van der Waals surface area contributed by atoms with Gasteiger partial charge in [0.15, 0.2) is 0 Å². The van der Waals surface area contributed by atoms with E-state index in [1.165, 1.54) is 36.8 Å². The molecule has 0 radical (unpaired) electrons. The van der Waals surface area contributed by atoms with Crippen molar-refractivity contribution in [1.82, 2.24) is 15.1 Å². The van der Waals surface area contributed by atoms with E-state index in [2.05, 4.69) is 28.4 Å². The van der Waals surface area contributed by atoms with Gasteiger partial charge in [0.25, 0.3) is 0 Å². The van der Waals surface area contributed by atoms with Crippen molar-refractivity contribution in [1.29, 1.82) is 0 Å². The van der Waals surface area contributed by atoms with Gasteiger partial charge in [0.2, 0.25) is 11.8 Å². The molecule has 1 unspecified atom stereocenters. The van der Waals surface area contributed by atoms with Gasteiger partial charge in [-0.15, -0.1) is 0 Å². The van der Waals surface area contributed by atoms with Gasteiger partial charge in [0.05, 0.1) is 0 Å². The van der Waals surface area contributed by atoms with Crippen LogP contribution < -0.4 is 5.32 Å². The molecule has 5 nitrogen and oxygen atoms in total. The molecule has 5 heteroatoms. The molecule has 2 aliphatic heterocycles. The second kappa shape index (κ2) is 10.1. The second-order valence-corrected chi connectivity index (χ2v) is 8.56. The Balaban J connectivity index is 1.63. The molecule has 0 aliphatic carbocycles. The maximum atomic E-state index is 12.9. The van der Waals surface area contributed by atoms with Crippen LogP contribution in [0.1, 0.15) is 63.5 Å². The molecular weight excluding hydrogens is 350 g/mol. The Morgan fingerprint density at radius 2 is 1.68 bits per heavy atom. The Morgan fingerprint density at radius 1 is 1.00 bits per heavy atom. The molecular formula is C23H35N3O2. The summed E-state index contributed by atoms with van der Waals surface area (Å²) in [5.41, 5.74) is 2.47. The van der Waals surface area contributed by atoms with Crippen molar-refractivity contribution < 1.29 is 9.59 Å². The Kier molecular flexibility index (Phi) is 7.49. The van der Waals surface area contributed by atoms with Gasteiger partial charge < -0.3 is 10.2 Å². The van der Waals surface area contributed by atoms with E-state index in [1.807, 2.05) is 19.9 Å². The molecule has 1 atom stereocenters. The fraction of sp³-hybridized carbons (Fsp3) is 0.652. The van der Waals surface area contributed by atoms with E-state index >= 15 is 0 Å². The fourth-order valence-corrected chi connectivity index (χ4v) is 4.47. The lowest BCUT2D eigenvalue weighted by molar-refractivity contribution is -0.139. The zero-order valence-electron chi connectivity index (χ0n) is 17.5. The van der Waals surface area contributed by atoms with Crippen molar-refractivity contribution in [3.8, 4) is 0 Å². The van der Waals surface area contributed by atoms with Crippen LogP contribution in [-0.4, -0.2) is 47.3 Å². The minimum atomic E-state index is -0.368. The standard InChI is InChI=1S/C23H35N3O2/c1-18(2)22(26-15-9-12-21(26)27)23(28)24-16-19-10-5-6-11-20(19)17-25-13-7-3-4-8-14-25/h5-6,10-11,18,22H,3-4,7-9,12-17H2,1-2H3,(H,24,28). The Bertz CT molecular complexity index is 666. The van der Waals surface area contributed by atoms with E-state index < -0.39 is 0 Å². The van der Waals surface area contributed by atoms with Gasteiger partial charge in [-0.25, -0.2) is 0 Å². The van der Waals surface area contributed by atoms with Crippen LogP contribution in [0.2, 0.25) is 0 Å². The normalized spacial score (nSPS) is 19.7. The maximum absolute atomic E-state index is 12.9. The minimum absolute atomic E-state index is 0.0326. The molecule has 2 fully saturated rings. The van der Waals surface area contributed by atoms with E-state index in [-0.39, 0.29) is 23.8 Å². The zero-order valence-corrected chi connectivity index (χ0v) is 17.5. The lowest BCUT2D eigenvalue weighted by Gasteiger charge is -2.30. The van der Waals surface area contributed by atoms with Gasteiger partial charge in [-0.05, 0) is 49.4 Å². The molecule has 2 amide bonds. The first kappa shape index (κ1) is 20.8. The van der Waals surface area contributed by atoms with Crippen LogP contribution in [0.3, 0.4) is 0 Å². The number of likely N-dealkylation sites (tertiary alicyclic amines) is 2. The molecule has 0 saturated carbocycles. The summed E-state index contributed by atoms with van der Waals surface area (Å²) >= 11 is 0. The molecule has 3 rings (SSSR count). The SMILES string of the molecule is CC(C)C(C(=O)NCc1ccccc1CN1CCCCCC1)N1CCCC1=O. The summed E-state index contributed by atoms with van der Waals surface area (Å²) in [6, 6.07) is 8.04. The highest BCUT2D eigenvalue weighted by atomic mass is 16.2. The predicted molar refractivity (Wildman–Crippen MR) is 112 cm³/mol. The highest BCUT2D eigenvalue weighted by Crippen LogP contribution is 2.20. The number of hydrogen-bond donors (Lipinski definition) is 1. The molecule has 2 aliphatic rings. The molecule has 0 aromatic heterocycles. The third-order valence-electron chi connectivity index (χ3n) is 6.01. The number of carbonyl (C=O) groups is 2. The molecule has 1 N–H and O–H groups in total. The van der Waals surface area contributed by atoms with Crippen LogP contribution in [0.25, 0.3) is 0 Å². The molecule has 1 aromatic rings. The lowest BCUT2D eigenvalue weighted by atomic mass is 10.0. The van der Waals surface area contributed by atoms with Crippen LogP contribution in [0.4, 0.5) is 0 Å². The van der Waals surface area contributed by atoms with Crippen molar-refractivity contribution >= 4 is 11.8 Å². The molecule has 2 heterocycles. The van der Waals surface area contributed by atoms with Gasteiger partial charge in [-0.3, -0.25) is 14.5 Å². The summed E-state index contributed by atoms with van der Waals surface area (Å²) in [5.74, 6) is 0.180. The van der Waals surface area contributed by atoms with E-state index in [4.69, 9.17) is 0 Å². The summed E-state index contributed by atoms with van der Waals surface area (Å²) in [6.07, 6.45) is 6.64. The van der Waals surface area contributed by atoms with Crippen LogP contribution in [0.15, 0.2) is 24.3 Å². The molecule has 0 spiro atoms. The summed E-state index contributed by atoms with van der Waals surface area (Å²) in [6.45, 7) is 8.52. The average Bonchev–Trinajstić information content (AvgIpc) is 2.92. The smallest absolute Gasteiger partial charge is 0.243 e. The zero-order chi connectivity index (χ0) is 19.9. The number of nitrogens with zero attached hydrogens (tertiary/aromatic N) is 2. The molecule has 28 heavy (non-hydrogen) atoms. The largest absolute Gasteiger partial charge is 0.350 e. The van der Waals surface area contributed by atoms with Gasteiger partial charge >= 0.3 is 0 Å². The summed E-state index contributed by atoms with van der Waals surface area (Å²) in [4.78, 5) is 29.4. The van der Waals surface area contributed by atoms with Gasteiger partial charge in [0.1, 0.15) is 6.04 Å². The molecule has 1 aromatic carbocycles. The van der Waals surface area contributed by atoms with Crippen molar-refractivity contribution in [2.45, 2.75) is 71.5 Å². The number of rotatable bonds is 7. The second-order valence-electron chi connectivity index (χ2n) is 8.56. The van der Waals surface area contributed by atoms with Crippen LogP contribution in [0, 0.1) is 5.92 Å². The Morgan fingerprint density at radius 3 is 2.29 bits per heavy atom. The number of benzene rings is 1. The highest BCUT2D eigenvalue weighted by Gasteiger charge is 2.34. The Hall–Kier alpha value is -1.88. The summed E-state index contributed by atoms with van der Waals surface area (Å²) in [5, 5.41) is 3.12. The minimum Gasteiger partial charge on any atom is -0.350 e. The highest BCUT2D eigenvalue weighted by molar-refractivity contribution is 5.88. The third-order valence-corrected chi connectivity index (χ3v) is 6.01. The van der Waals surface area contributed by atoms with Crippen LogP contribution >= 0.6 is 0 Å². The van der Waals surface area contributed by atoms with Gasteiger partial charge in [0, 0.05) is 26.1 Å². The predicted octanol–water partition coefficient (Wildman–Crippen LogP) is 3.33. The number of hydrogen-bond acceptors (Lipinski definition) is 3. The summed E-state index contributed by atoms with van der Waals surface area (Å²) < 4.78 is 0. The summed E-state index contributed by atoms with van der Waals surface area (Å²) in [7, 11) is 0. The van der Waals surface area contributed by atoms with Crippen molar-refractivity contribution in [2.24, 2.45) is 5.92 Å². The van der Waals surface area contributed by atoms with E-state index in [0.29, 0.717) is 19.5 Å². The van der Waals surface area contributed by atoms with Crippen molar-refractivity contribution in [3.63, 3.8) is 0 Å². The molecule has 0 bridgehead atoms.